The van der Waals surface area contributed by atoms with E-state index >= 15 is 0 Å². The molecule has 2 N–H and O–H groups in total. The van der Waals surface area contributed by atoms with Crippen LogP contribution in [0.3, 0.4) is 0 Å². The number of hydrogen-bond donors (Lipinski definition) is 1. The molecule has 1 aromatic carbocycles. The van der Waals surface area contributed by atoms with Gasteiger partial charge in [-0.05, 0) is 23.1 Å². The van der Waals surface area contributed by atoms with Crippen LogP contribution in [0.4, 0.5) is 0 Å². The number of rotatable bonds is 4. The Hall–Kier alpha value is -1.98. The van der Waals surface area contributed by atoms with Gasteiger partial charge in [0.2, 0.25) is 0 Å². The Bertz CT molecular complexity index is 729. The van der Waals surface area contributed by atoms with Crippen LogP contribution in [0, 0.1) is 0 Å². The molecule has 100 valence electrons. The minimum Gasteiger partial charge on any atom is -0.389 e. The van der Waals surface area contributed by atoms with E-state index in [1.165, 1.54) is 4.88 Å². The number of thiophene rings is 1. The van der Waals surface area contributed by atoms with Gasteiger partial charge in [0.15, 0.2) is 0 Å². The molecule has 0 aliphatic carbocycles. The van der Waals surface area contributed by atoms with Gasteiger partial charge in [0, 0.05) is 24.5 Å². The molecule has 0 amide bonds. The summed E-state index contributed by atoms with van der Waals surface area (Å²) in [4.78, 5) is 6.03. The van der Waals surface area contributed by atoms with Crippen LogP contribution in [0.15, 0.2) is 54.2 Å². The lowest BCUT2D eigenvalue weighted by atomic mass is 10.1. The van der Waals surface area contributed by atoms with Crippen molar-refractivity contribution >= 4 is 28.5 Å². The number of aromatic nitrogens is 2. The smallest absolute Gasteiger partial charge is 0.150 e. The maximum atomic E-state index is 5.68. The topological polar surface area (TPSA) is 43.8 Å². The van der Waals surface area contributed by atoms with Gasteiger partial charge in [0.1, 0.15) is 10.8 Å². The Morgan fingerprint density at radius 3 is 2.95 bits per heavy atom. The first-order valence-electron chi connectivity index (χ1n) is 6.18. The highest BCUT2D eigenvalue weighted by Crippen LogP contribution is 2.23. The molecule has 5 heteroatoms. The fourth-order valence-electron chi connectivity index (χ4n) is 2.09. The molecular formula is C15H13N3S2. The number of thiocarbonyl (C=S) groups is 1. The summed E-state index contributed by atoms with van der Waals surface area (Å²) in [7, 11) is 0. The lowest BCUT2D eigenvalue weighted by Gasteiger charge is -2.08. The molecule has 0 saturated heterocycles. The highest BCUT2D eigenvalue weighted by Gasteiger charge is 2.07. The highest BCUT2D eigenvalue weighted by molar-refractivity contribution is 7.80. The van der Waals surface area contributed by atoms with Gasteiger partial charge in [0.05, 0.1) is 4.88 Å². The average Bonchev–Trinajstić information content (AvgIpc) is 3.09. The Kier molecular flexibility index (Phi) is 3.62. The van der Waals surface area contributed by atoms with Crippen LogP contribution in [0.25, 0.3) is 10.7 Å². The number of imidazole rings is 1. The predicted octanol–water partition coefficient (Wildman–Crippen LogP) is 3.29. The molecule has 20 heavy (non-hydrogen) atoms. The van der Waals surface area contributed by atoms with Crippen LogP contribution >= 0.6 is 23.6 Å². The third-order valence-electron chi connectivity index (χ3n) is 3.02. The molecule has 0 bridgehead atoms. The summed E-state index contributed by atoms with van der Waals surface area (Å²) in [6.07, 6.45) is 3.81. The summed E-state index contributed by atoms with van der Waals surface area (Å²) in [5, 5.41) is 2.06. The van der Waals surface area contributed by atoms with Gasteiger partial charge < -0.3 is 10.3 Å². The van der Waals surface area contributed by atoms with E-state index in [9.17, 15) is 0 Å². The van der Waals surface area contributed by atoms with Gasteiger partial charge in [0.25, 0.3) is 0 Å². The molecule has 2 aromatic heterocycles. The Labute approximate surface area is 126 Å². The van der Waals surface area contributed by atoms with E-state index in [-0.39, 0.29) is 0 Å². The van der Waals surface area contributed by atoms with Crippen molar-refractivity contribution < 1.29 is 0 Å². The molecular weight excluding hydrogens is 286 g/mol. The average molecular weight is 299 g/mol. The molecule has 0 aliphatic heterocycles. The number of benzene rings is 1. The van der Waals surface area contributed by atoms with Crippen LogP contribution in [-0.4, -0.2) is 14.5 Å². The minimum absolute atomic E-state index is 0.427. The summed E-state index contributed by atoms with van der Waals surface area (Å²) < 4.78 is 2.13. The van der Waals surface area contributed by atoms with Crippen molar-refractivity contribution in [3.8, 4) is 10.7 Å². The zero-order chi connectivity index (χ0) is 13.9. The van der Waals surface area contributed by atoms with Crippen LogP contribution < -0.4 is 5.73 Å². The lowest BCUT2D eigenvalue weighted by molar-refractivity contribution is 0.808. The molecule has 0 atom stereocenters. The van der Waals surface area contributed by atoms with Crippen molar-refractivity contribution in [2.75, 3.05) is 0 Å². The van der Waals surface area contributed by atoms with E-state index < -0.39 is 0 Å². The van der Waals surface area contributed by atoms with E-state index in [4.69, 9.17) is 18.0 Å². The molecule has 0 spiro atoms. The normalized spacial score (nSPS) is 10.6. The molecule has 3 aromatic rings. The molecule has 0 aliphatic rings. The van der Waals surface area contributed by atoms with Gasteiger partial charge in [-0.2, -0.15) is 0 Å². The summed E-state index contributed by atoms with van der Waals surface area (Å²) in [6.45, 7) is 0.754. The number of hydrogen-bond acceptors (Lipinski definition) is 3. The van der Waals surface area contributed by atoms with E-state index in [2.05, 4.69) is 27.1 Å². The minimum atomic E-state index is 0.427. The van der Waals surface area contributed by atoms with Crippen molar-refractivity contribution in [1.82, 2.24) is 9.55 Å². The van der Waals surface area contributed by atoms with E-state index in [1.54, 1.807) is 11.3 Å². The first-order valence-corrected chi connectivity index (χ1v) is 7.46. The zero-order valence-corrected chi connectivity index (χ0v) is 12.3. The van der Waals surface area contributed by atoms with E-state index in [0.717, 1.165) is 23.5 Å². The Morgan fingerprint density at radius 2 is 2.20 bits per heavy atom. The van der Waals surface area contributed by atoms with Crippen molar-refractivity contribution in [2.45, 2.75) is 6.54 Å². The van der Waals surface area contributed by atoms with E-state index in [0.29, 0.717) is 4.99 Å². The molecule has 0 radical (unpaired) electrons. The van der Waals surface area contributed by atoms with Crippen LogP contribution in [0.1, 0.15) is 11.1 Å². The van der Waals surface area contributed by atoms with Crippen molar-refractivity contribution in [3.63, 3.8) is 0 Å². The van der Waals surface area contributed by atoms with Crippen molar-refractivity contribution in [2.24, 2.45) is 5.73 Å². The van der Waals surface area contributed by atoms with Crippen molar-refractivity contribution in [3.05, 3.63) is 65.3 Å². The van der Waals surface area contributed by atoms with Crippen LogP contribution in [0.5, 0.6) is 0 Å². The molecule has 0 unspecified atom stereocenters. The highest BCUT2D eigenvalue weighted by atomic mass is 32.1. The molecule has 3 nitrogen and oxygen atoms in total. The second-order valence-corrected chi connectivity index (χ2v) is 5.81. The second kappa shape index (κ2) is 5.56. The first kappa shape index (κ1) is 13.0. The molecule has 3 rings (SSSR count). The monoisotopic (exact) mass is 299 g/mol. The van der Waals surface area contributed by atoms with Gasteiger partial charge >= 0.3 is 0 Å². The third-order valence-corrected chi connectivity index (χ3v) is 4.12. The quantitative estimate of drug-likeness (QED) is 0.752. The Balaban J connectivity index is 1.91. The van der Waals surface area contributed by atoms with Gasteiger partial charge in [-0.1, -0.05) is 36.5 Å². The zero-order valence-electron chi connectivity index (χ0n) is 10.7. The summed E-state index contributed by atoms with van der Waals surface area (Å²) in [5.74, 6) is 0.987. The van der Waals surface area contributed by atoms with Gasteiger partial charge in [-0.25, -0.2) is 4.98 Å². The van der Waals surface area contributed by atoms with Gasteiger partial charge in [-0.3, -0.25) is 0 Å². The SMILES string of the molecule is NC(=S)c1cccc(Cn2ccnc2-c2cccs2)c1. The first-order chi connectivity index (χ1) is 9.74. The lowest BCUT2D eigenvalue weighted by Crippen LogP contribution is -2.10. The molecule has 2 heterocycles. The molecule has 0 saturated carbocycles. The molecule has 0 fully saturated rings. The fraction of sp³-hybridized carbons (Fsp3) is 0.0667. The largest absolute Gasteiger partial charge is 0.389 e. The Morgan fingerprint density at radius 1 is 1.30 bits per heavy atom. The fourth-order valence-corrected chi connectivity index (χ4v) is 2.95. The van der Waals surface area contributed by atoms with Crippen LogP contribution in [0.2, 0.25) is 0 Å². The summed E-state index contributed by atoms with van der Waals surface area (Å²) in [6, 6.07) is 12.1. The number of nitrogens with two attached hydrogens (primary N) is 1. The summed E-state index contributed by atoms with van der Waals surface area (Å²) in [5.41, 5.74) is 7.73. The van der Waals surface area contributed by atoms with Crippen molar-refractivity contribution in [1.29, 1.82) is 0 Å². The maximum Gasteiger partial charge on any atom is 0.150 e. The summed E-state index contributed by atoms with van der Waals surface area (Å²) >= 11 is 6.71. The standard InChI is InChI=1S/C15H13N3S2/c16-14(19)12-4-1-3-11(9-12)10-18-7-6-17-15(18)13-5-2-8-20-13/h1-9H,10H2,(H2,16,19). The van der Waals surface area contributed by atoms with Gasteiger partial charge in [-0.15, -0.1) is 11.3 Å². The maximum absolute atomic E-state index is 5.68. The number of nitrogens with zero attached hydrogens (tertiary/aromatic N) is 2. The van der Waals surface area contributed by atoms with E-state index in [1.807, 2.05) is 36.7 Å². The predicted molar refractivity (Wildman–Crippen MR) is 87.0 cm³/mol. The second-order valence-electron chi connectivity index (χ2n) is 4.42. The third kappa shape index (κ3) is 2.64. The van der Waals surface area contributed by atoms with Crippen LogP contribution in [-0.2, 0) is 6.54 Å².